The van der Waals surface area contributed by atoms with Gasteiger partial charge in [0.25, 0.3) is 0 Å². The molecule has 7 nitrogen and oxygen atoms in total. The molecular formula is C12H26N2O5S2. The van der Waals surface area contributed by atoms with Crippen LogP contribution in [0.1, 0.15) is 12.8 Å². The number of ether oxygens (including phenoxy) is 1. The van der Waals surface area contributed by atoms with Gasteiger partial charge >= 0.3 is 0 Å². The van der Waals surface area contributed by atoms with Gasteiger partial charge in [-0.1, -0.05) is 0 Å². The monoisotopic (exact) mass is 342 g/mol. The van der Waals surface area contributed by atoms with Crippen molar-refractivity contribution >= 4 is 19.9 Å². The van der Waals surface area contributed by atoms with Gasteiger partial charge in [-0.25, -0.2) is 21.1 Å². The third kappa shape index (κ3) is 7.55. The Morgan fingerprint density at radius 1 is 1.24 bits per heavy atom. The first kappa shape index (κ1) is 18.8. The number of nitrogens with zero attached hydrogens (tertiary/aromatic N) is 1. The van der Waals surface area contributed by atoms with Gasteiger partial charge in [0.15, 0.2) is 0 Å². The van der Waals surface area contributed by atoms with E-state index in [1.165, 1.54) is 4.31 Å². The van der Waals surface area contributed by atoms with E-state index < -0.39 is 19.9 Å². The van der Waals surface area contributed by atoms with Crippen LogP contribution in [-0.4, -0.2) is 78.8 Å². The molecule has 1 unspecified atom stereocenters. The number of piperidine rings is 1. The molecule has 1 aliphatic heterocycles. The van der Waals surface area contributed by atoms with Crippen molar-refractivity contribution in [3.63, 3.8) is 0 Å². The highest BCUT2D eigenvalue weighted by Crippen LogP contribution is 2.19. The minimum absolute atomic E-state index is 0.267. The Morgan fingerprint density at radius 2 is 1.95 bits per heavy atom. The molecule has 0 aromatic carbocycles. The van der Waals surface area contributed by atoms with Crippen LogP contribution in [0.2, 0.25) is 0 Å². The summed E-state index contributed by atoms with van der Waals surface area (Å²) in [5.41, 5.74) is 0. The Bertz CT molecular complexity index is 504. The number of rotatable bonds is 9. The molecule has 126 valence electrons. The molecular weight excluding hydrogens is 316 g/mol. The molecule has 1 fully saturated rings. The van der Waals surface area contributed by atoms with Gasteiger partial charge in [0, 0.05) is 33.0 Å². The molecule has 1 rings (SSSR count). The molecule has 1 saturated heterocycles. The Morgan fingerprint density at radius 3 is 2.57 bits per heavy atom. The Kier molecular flexibility index (Phi) is 7.55. The normalized spacial score (nSPS) is 21.5. The summed E-state index contributed by atoms with van der Waals surface area (Å²) in [7, 11) is -5.11. The minimum Gasteiger partial charge on any atom is -0.383 e. The van der Waals surface area contributed by atoms with Gasteiger partial charge in [-0.15, -0.1) is 0 Å². The summed E-state index contributed by atoms with van der Waals surface area (Å²) in [5, 5.41) is 3.24. The van der Waals surface area contributed by atoms with E-state index in [1.807, 2.05) is 0 Å². The molecule has 0 radical (unpaired) electrons. The van der Waals surface area contributed by atoms with Crippen LogP contribution in [0.3, 0.4) is 0 Å². The summed E-state index contributed by atoms with van der Waals surface area (Å²) in [4.78, 5) is 0. The predicted molar refractivity (Wildman–Crippen MR) is 82.5 cm³/mol. The topological polar surface area (TPSA) is 92.8 Å². The second-order valence-electron chi connectivity index (χ2n) is 5.51. The maximum Gasteiger partial charge on any atom is 0.215 e. The Balaban J connectivity index is 2.47. The summed E-state index contributed by atoms with van der Waals surface area (Å²) in [5.74, 6) is -0.373. The van der Waals surface area contributed by atoms with E-state index in [4.69, 9.17) is 4.74 Å². The van der Waals surface area contributed by atoms with E-state index in [1.54, 1.807) is 7.11 Å². The van der Waals surface area contributed by atoms with Crippen molar-refractivity contribution < 1.29 is 21.6 Å². The van der Waals surface area contributed by atoms with Crippen LogP contribution in [-0.2, 0) is 24.6 Å². The maximum absolute atomic E-state index is 12.2. The number of sulfonamides is 1. The average Bonchev–Trinajstić information content (AvgIpc) is 2.41. The average molecular weight is 342 g/mol. The lowest BCUT2D eigenvalue weighted by atomic mass is 10.00. The molecule has 1 aliphatic rings. The maximum atomic E-state index is 12.2. The molecule has 9 heteroatoms. The summed E-state index contributed by atoms with van der Waals surface area (Å²) >= 11 is 0. The van der Waals surface area contributed by atoms with E-state index in [9.17, 15) is 16.8 Å². The van der Waals surface area contributed by atoms with Gasteiger partial charge in [-0.2, -0.15) is 0 Å². The molecule has 0 aliphatic carbocycles. The molecule has 0 saturated carbocycles. The van der Waals surface area contributed by atoms with E-state index in [-0.39, 0.29) is 17.4 Å². The van der Waals surface area contributed by atoms with Gasteiger partial charge in [0.2, 0.25) is 10.0 Å². The van der Waals surface area contributed by atoms with Crippen molar-refractivity contribution in [2.75, 3.05) is 57.7 Å². The van der Waals surface area contributed by atoms with Crippen molar-refractivity contribution in [1.82, 2.24) is 9.62 Å². The first-order valence-electron chi connectivity index (χ1n) is 7.10. The van der Waals surface area contributed by atoms with Crippen molar-refractivity contribution in [3.05, 3.63) is 0 Å². The van der Waals surface area contributed by atoms with Gasteiger partial charge < -0.3 is 10.1 Å². The fourth-order valence-corrected chi connectivity index (χ4v) is 5.47. The molecule has 1 heterocycles. The first-order valence-corrected chi connectivity index (χ1v) is 10.8. The largest absolute Gasteiger partial charge is 0.383 e. The van der Waals surface area contributed by atoms with E-state index in [0.29, 0.717) is 19.7 Å². The zero-order valence-electron chi connectivity index (χ0n) is 12.7. The van der Waals surface area contributed by atoms with Crippen LogP contribution in [0, 0.1) is 5.92 Å². The lowest BCUT2D eigenvalue weighted by Crippen LogP contribution is -2.44. The highest BCUT2D eigenvalue weighted by molar-refractivity contribution is 7.93. The molecule has 21 heavy (non-hydrogen) atoms. The van der Waals surface area contributed by atoms with Gasteiger partial charge in [0.05, 0.1) is 18.1 Å². The third-order valence-electron chi connectivity index (χ3n) is 3.50. The second-order valence-corrected chi connectivity index (χ2v) is 9.86. The zero-order valence-corrected chi connectivity index (χ0v) is 14.4. The fourth-order valence-electron chi connectivity index (χ4n) is 2.31. The fraction of sp³-hybridized carbons (Fsp3) is 1.00. The SMILES string of the molecule is COCCNCC1CCCN(S(=O)(=O)CCS(C)(=O)=O)C1. The van der Waals surface area contributed by atoms with Crippen LogP contribution in [0.5, 0.6) is 0 Å². The number of nitrogens with one attached hydrogen (secondary N) is 1. The van der Waals surface area contributed by atoms with Crippen molar-refractivity contribution in [1.29, 1.82) is 0 Å². The predicted octanol–water partition coefficient (Wildman–Crippen LogP) is -0.691. The van der Waals surface area contributed by atoms with Crippen LogP contribution in [0.25, 0.3) is 0 Å². The highest BCUT2D eigenvalue weighted by Gasteiger charge is 2.29. The van der Waals surface area contributed by atoms with Crippen molar-refractivity contribution in [3.8, 4) is 0 Å². The minimum atomic E-state index is -3.48. The molecule has 0 spiro atoms. The molecule has 0 aromatic rings. The van der Waals surface area contributed by atoms with E-state index >= 15 is 0 Å². The molecule has 1 N–H and O–H groups in total. The Hall–Kier alpha value is -0.220. The van der Waals surface area contributed by atoms with Gasteiger partial charge in [0.1, 0.15) is 9.84 Å². The number of sulfone groups is 1. The van der Waals surface area contributed by atoms with Gasteiger partial charge in [-0.05, 0) is 25.3 Å². The summed E-state index contributed by atoms with van der Waals surface area (Å²) in [6.07, 6.45) is 2.86. The molecule has 0 amide bonds. The second kappa shape index (κ2) is 8.42. The summed E-state index contributed by atoms with van der Waals surface area (Å²) in [6, 6.07) is 0. The van der Waals surface area contributed by atoms with Crippen molar-refractivity contribution in [2.24, 2.45) is 5.92 Å². The number of hydrogen-bond donors (Lipinski definition) is 1. The number of hydrogen-bond acceptors (Lipinski definition) is 6. The first-order chi connectivity index (χ1) is 9.74. The lowest BCUT2D eigenvalue weighted by molar-refractivity contribution is 0.193. The van der Waals surface area contributed by atoms with Crippen LogP contribution in [0.4, 0.5) is 0 Å². The van der Waals surface area contributed by atoms with Crippen LogP contribution >= 0.6 is 0 Å². The summed E-state index contributed by atoms with van der Waals surface area (Å²) < 4.78 is 53.0. The van der Waals surface area contributed by atoms with Crippen LogP contribution < -0.4 is 5.32 Å². The standard InChI is InChI=1S/C12H26N2O5S2/c1-19-7-5-13-10-12-4-3-6-14(11-12)21(17,18)9-8-20(2,15)16/h12-13H,3-11H2,1-2H3. The van der Waals surface area contributed by atoms with Crippen LogP contribution in [0.15, 0.2) is 0 Å². The smallest absolute Gasteiger partial charge is 0.215 e. The Labute approximate surface area is 128 Å². The summed E-state index contributed by atoms with van der Waals surface area (Å²) in [6.45, 7) is 3.07. The van der Waals surface area contributed by atoms with Crippen molar-refractivity contribution in [2.45, 2.75) is 12.8 Å². The molecule has 0 bridgehead atoms. The highest BCUT2D eigenvalue weighted by atomic mass is 32.2. The lowest BCUT2D eigenvalue weighted by Gasteiger charge is -2.32. The van der Waals surface area contributed by atoms with E-state index in [0.717, 1.165) is 32.2 Å². The molecule has 0 aromatic heterocycles. The third-order valence-corrected chi connectivity index (χ3v) is 6.55. The quantitative estimate of drug-likeness (QED) is 0.558. The zero-order chi connectivity index (χ0) is 15.9. The van der Waals surface area contributed by atoms with E-state index in [2.05, 4.69) is 5.32 Å². The molecule has 1 atom stereocenters. The van der Waals surface area contributed by atoms with Gasteiger partial charge in [-0.3, -0.25) is 0 Å². The number of methoxy groups -OCH3 is 1.